The zero-order chi connectivity index (χ0) is 20.6. The van der Waals surface area contributed by atoms with Crippen molar-refractivity contribution >= 4 is 17.8 Å². The molecule has 0 bridgehead atoms. The van der Waals surface area contributed by atoms with E-state index in [1.807, 2.05) is 36.9 Å². The Morgan fingerprint density at radius 1 is 1.31 bits per heavy atom. The number of aryl methyl sites for hydroxylation is 1. The van der Waals surface area contributed by atoms with Gasteiger partial charge in [0.15, 0.2) is 5.76 Å². The van der Waals surface area contributed by atoms with Gasteiger partial charge in [-0.15, -0.1) is 0 Å². The van der Waals surface area contributed by atoms with Crippen LogP contribution in [-0.4, -0.2) is 48.5 Å². The molecular weight excluding hydrogens is 370 g/mol. The molecule has 1 aliphatic rings. The van der Waals surface area contributed by atoms with Crippen LogP contribution in [-0.2, 0) is 4.74 Å². The molecule has 2 aromatic rings. The molecule has 1 aromatic carbocycles. The number of carbonyl (C=O) groups is 1. The van der Waals surface area contributed by atoms with E-state index in [-0.39, 0.29) is 12.1 Å². The number of piperidine rings is 1. The fraction of sp³-hybridized carbons (Fsp3) is 0.455. The Morgan fingerprint density at radius 3 is 2.79 bits per heavy atom. The van der Waals surface area contributed by atoms with Crippen LogP contribution in [0.2, 0.25) is 0 Å². The number of aromatic nitrogens is 1. The highest BCUT2D eigenvalue weighted by Crippen LogP contribution is 2.23. The molecule has 156 valence electrons. The summed E-state index contributed by atoms with van der Waals surface area (Å²) in [5.41, 5.74) is 3.06. The van der Waals surface area contributed by atoms with E-state index in [0.29, 0.717) is 37.8 Å². The second-order valence-electron chi connectivity index (χ2n) is 7.36. The number of ether oxygens (including phenoxy) is 2. The minimum Gasteiger partial charge on any atom is -0.491 e. The smallest absolute Gasteiger partial charge is 0.322 e. The first-order valence-electron chi connectivity index (χ1n) is 10.0. The third kappa shape index (κ3) is 6.35. The summed E-state index contributed by atoms with van der Waals surface area (Å²) in [5.74, 6) is 1.45. The Morgan fingerprint density at radius 2 is 2.10 bits per heavy atom. The minimum absolute atomic E-state index is 0.116. The normalized spacial score (nSPS) is 14.2. The number of amides is 2. The summed E-state index contributed by atoms with van der Waals surface area (Å²) in [4.78, 5) is 14.2. The summed E-state index contributed by atoms with van der Waals surface area (Å²) in [7, 11) is 0. The van der Waals surface area contributed by atoms with Crippen LogP contribution in [0.5, 0.6) is 5.75 Å². The SMILES string of the molecule is Cc1oncc1NC(=O)N1CCC(=Cc2cccc(OCCOC(C)C)c2)CC1. The van der Waals surface area contributed by atoms with Gasteiger partial charge in [-0.1, -0.05) is 28.9 Å². The van der Waals surface area contributed by atoms with Crippen LogP contribution in [0.1, 0.15) is 38.0 Å². The monoisotopic (exact) mass is 399 g/mol. The first-order valence-corrected chi connectivity index (χ1v) is 10.0. The number of carbonyl (C=O) groups excluding carboxylic acids is 1. The van der Waals surface area contributed by atoms with E-state index in [4.69, 9.17) is 14.0 Å². The van der Waals surface area contributed by atoms with E-state index in [9.17, 15) is 4.79 Å². The topological polar surface area (TPSA) is 76.8 Å². The molecule has 29 heavy (non-hydrogen) atoms. The molecule has 1 fully saturated rings. The van der Waals surface area contributed by atoms with Gasteiger partial charge in [-0.3, -0.25) is 0 Å². The number of anilines is 1. The van der Waals surface area contributed by atoms with Gasteiger partial charge in [0, 0.05) is 13.1 Å². The van der Waals surface area contributed by atoms with E-state index in [1.165, 1.54) is 11.8 Å². The van der Waals surface area contributed by atoms with Gasteiger partial charge in [0.1, 0.15) is 18.0 Å². The highest BCUT2D eigenvalue weighted by atomic mass is 16.5. The number of hydrogen-bond acceptors (Lipinski definition) is 5. The van der Waals surface area contributed by atoms with Crippen LogP contribution in [0.25, 0.3) is 6.08 Å². The van der Waals surface area contributed by atoms with Crippen molar-refractivity contribution in [2.75, 3.05) is 31.6 Å². The Labute approximate surface area is 171 Å². The maximum absolute atomic E-state index is 12.4. The van der Waals surface area contributed by atoms with Crippen LogP contribution in [0.3, 0.4) is 0 Å². The molecule has 2 heterocycles. The lowest BCUT2D eigenvalue weighted by Gasteiger charge is -2.28. The van der Waals surface area contributed by atoms with Crippen LogP contribution in [0.4, 0.5) is 10.5 Å². The summed E-state index contributed by atoms with van der Waals surface area (Å²) in [6, 6.07) is 7.94. The largest absolute Gasteiger partial charge is 0.491 e. The summed E-state index contributed by atoms with van der Waals surface area (Å²) in [6.07, 6.45) is 5.62. The van der Waals surface area contributed by atoms with Gasteiger partial charge in [-0.25, -0.2) is 4.79 Å². The predicted molar refractivity (Wildman–Crippen MR) is 112 cm³/mol. The molecule has 1 aliphatic heterocycles. The van der Waals surface area contributed by atoms with Crippen LogP contribution >= 0.6 is 0 Å². The van der Waals surface area contributed by atoms with Gasteiger partial charge in [-0.2, -0.15) is 0 Å². The Balaban J connectivity index is 1.49. The van der Waals surface area contributed by atoms with Gasteiger partial charge < -0.3 is 24.2 Å². The van der Waals surface area contributed by atoms with Gasteiger partial charge in [0.25, 0.3) is 0 Å². The van der Waals surface area contributed by atoms with Gasteiger partial charge in [-0.05, 0) is 51.3 Å². The lowest BCUT2D eigenvalue weighted by atomic mass is 10.0. The molecule has 2 amide bonds. The van der Waals surface area contributed by atoms with Crippen molar-refractivity contribution < 1.29 is 18.8 Å². The zero-order valence-electron chi connectivity index (χ0n) is 17.3. The molecule has 0 unspecified atom stereocenters. The molecule has 0 atom stereocenters. The number of benzene rings is 1. The number of rotatable bonds is 7. The third-order valence-corrected chi connectivity index (χ3v) is 4.72. The predicted octanol–water partition coefficient (Wildman–Crippen LogP) is 4.50. The van der Waals surface area contributed by atoms with Gasteiger partial charge >= 0.3 is 6.03 Å². The Hall–Kier alpha value is -2.80. The van der Waals surface area contributed by atoms with E-state index in [0.717, 1.165) is 24.2 Å². The van der Waals surface area contributed by atoms with E-state index < -0.39 is 0 Å². The lowest BCUT2D eigenvalue weighted by Crippen LogP contribution is -2.39. The first kappa shape index (κ1) is 20.9. The maximum atomic E-state index is 12.4. The standard InChI is InChI=1S/C22H29N3O4/c1-16(2)27-11-12-28-20-6-4-5-19(14-20)13-18-7-9-25(10-8-18)22(26)24-21-15-23-29-17(21)3/h4-6,13-16H,7-12H2,1-3H3,(H,24,26). The number of nitrogens with zero attached hydrogens (tertiary/aromatic N) is 2. The number of likely N-dealkylation sites (tertiary alicyclic amines) is 1. The van der Waals surface area contributed by atoms with E-state index in [1.54, 1.807) is 6.92 Å². The maximum Gasteiger partial charge on any atom is 0.322 e. The quantitative estimate of drug-likeness (QED) is 0.694. The third-order valence-electron chi connectivity index (χ3n) is 4.72. The molecule has 0 radical (unpaired) electrons. The minimum atomic E-state index is -0.116. The average Bonchev–Trinajstić information content (AvgIpc) is 3.10. The molecule has 7 heteroatoms. The number of nitrogens with one attached hydrogen (secondary N) is 1. The summed E-state index contributed by atoms with van der Waals surface area (Å²) < 4.78 is 16.2. The summed E-state index contributed by atoms with van der Waals surface area (Å²) >= 11 is 0. The van der Waals surface area contributed by atoms with Gasteiger partial charge in [0.05, 0.1) is 18.9 Å². The van der Waals surface area contributed by atoms with Crippen molar-refractivity contribution in [3.05, 3.63) is 47.4 Å². The molecular formula is C22H29N3O4. The molecule has 1 aromatic heterocycles. The highest BCUT2D eigenvalue weighted by molar-refractivity contribution is 5.89. The summed E-state index contributed by atoms with van der Waals surface area (Å²) in [5, 5.41) is 6.53. The fourth-order valence-electron chi connectivity index (χ4n) is 3.13. The molecule has 0 saturated carbocycles. The molecule has 0 spiro atoms. The average molecular weight is 399 g/mol. The fourth-order valence-corrected chi connectivity index (χ4v) is 3.13. The molecule has 3 rings (SSSR count). The second kappa shape index (κ2) is 10.1. The lowest BCUT2D eigenvalue weighted by molar-refractivity contribution is 0.0552. The van der Waals surface area contributed by atoms with Crippen molar-refractivity contribution in [2.24, 2.45) is 0 Å². The van der Waals surface area contributed by atoms with Crippen LogP contribution in [0, 0.1) is 6.92 Å². The van der Waals surface area contributed by atoms with Crippen molar-refractivity contribution in [3.63, 3.8) is 0 Å². The van der Waals surface area contributed by atoms with Crippen LogP contribution < -0.4 is 10.1 Å². The van der Waals surface area contributed by atoms with Crippen molar-refractivity contribution in [1.29, 1.82) is 0 Å². The molecule has 0 aliphatic carbocycles. The molecule has 1 N–H and O–H groups in total. The molecule has 7 nitrogen and oxygen atoms in total. The second-order valence-corrected chi connectivity index (χ2v) is 7.36. The van der Waals surface area contributed by atoms with Crippen LogP contribution in [0.15, 0.2) is 40.6 Å². The highest BCUT2D eigenvalue weighted by Gasteiger charge is 2.20. The van der Waals surface area contributed by atoms with E-state index in [2.05, 4.69) is 22.6 Å². The van der Waals surface area contributed by atoms with Gasteiger partial charge in [0.2, 0.25) is 0 Å². The summed E-state index contributed by atoms with van der Waals surface area (Å²) in [6.45, 7) is 8.28. The number of hydrogen-bond donors (Lipinski definition) is 1. The van der Waals surface area contributed by atoms with Crippen molar-refractivity contribution in [2.45, 2.75) is 39.7 Å². The Bertz CT molecular complexity index is 834. The number of urea groups is 1. The molecule has 1 saturated heterocycles. The van der Waals surface area contributed by atoms with E-state index >= 15 is 0 Å². The first-order chi connectivity index (χ1) is 14.0. The zero-order valence-corrected chi connectivity index (χ0v) is 17.3. The Kier molecular flexibility index (Phi) is 7.30. The van der Waals surface area contributed by atoms with Crippen molar-refractivity contribution in [1.82, 2.24) is 10.1 Å². The van der Waals surface area contributed by atoms with Crippen molar-refractivity contribution in [3.8, 4) is 5.75 Å².